The highest BCUT2D eigenvalue weighted by Crippen LogP contribution is 2.18. The summed E-state index contributed by atoms with van der Waals surface area (Å²) in [4.78, 5) is 16.6. The summed E-state index contributed by atoms with van der Waals surface area (Å²) < 4.78 is 0. The van der Waals surface area contributed by atoms with Crippen LogP contribution in [0, 0.1) is 13.8 Å². The van der Waals surface area contributed by atoms with Crippen molar-refractivity contribution in [2.24, 2.45) is 0 Å². The number of carbonyl (C=O) groups excluding carboxylic acids is 1. The second-order valence-corrected chi connectivity index (χ2v) is 5.71. The van der Waals surface area contributed by atoms with Crippen molar-refractivity contribution in [2.75, 3.05) is 10.6 Å². The second-order valence-electron chi connectivity index (χ2n) is 5.71. The molecule has 0 radical (unpaired) electrons. The Bertz CT molecular complexity index is 860. The molecule has 3 aromatic rings. The third-order valence-electron chi connectivity index (χ3n) is 3.83. The van der Waals surface area contributed by atoms with E-state index in [0.717, 1.165) is 22.6 Å². The van der Waals surface area contributed by atoms with Crippen molar-refractivity contribution in [1.82, 2.24) is 4.98 Å². The highest BCUT2D eigenvalue weighted by molar-refractivity contribution is 6.04. The lowest BCUT2D eigenvalue weighted by molar-refractivity contribution is 0.102. The number of amides is 1. The van der Waals surface area contributed by atoms with Gasteiger partial charge in [0.25, 0.3) is 5.91 Å². The molecule has 0 aliphatic carbocycles. The smallest absolute Gasteiger partial charge is 0.257 e. The van der Waals surface area contributed by atoms with Gasteiger partial charge in [0.05, 0.1) is 17.4 Å². The van der Waals surface area contributed by atoms with Gasteiger partial charge in [-0.25, -0.2) is 0 Å². The zero-order valence-corrected chi connectivity index (χ0v) is 13.7. The van der Waals surface area contributed by atoms with Gasteiger partial charge in [0.2, 0.25) is 0 Å². The summed E-state index contributed by atoms with van der Waals surface area (Å²) in [7, 11) is 0. The van der Waals surface area contributed by atoms with Crippen LogP contribution < -0.4 is 10.6 Å². The van der Waals surface area contributed by atoms with Gasteiger partial charge in [-0.3, -0.25) is 9.78 Å². The molecule has 1 amide bonds. The zero-order valence-electron chi connectivity index (χ0n) is 13.7. The fourth-order valence-electron chi connectivity index (χ4n) is 2.34. The molecule has 0 fully saturated rings. The van der Waals surface area contributed by atoms with Crippen LogP contribution >= 0.6 is 0 Å². The topological polar surface area (TPSA) is 54.0 Å². The fraction of sp³-hybridized carbons (Fsp3) is 0.100. The van der Waals surface area contributed by atoms with Crippen LogP contribution in [-0.4, -0.2) is 10.9 Å². The van der Waals surface area contributed by atoms with E-state index in [2.05, 4.69) is 15.6 Å². The predicted octanol–water partition coefficient (Wildman–Crippen LogP) is 4.69. The van der Waals surface area contributed by atoms with E-state index in [0.29, 0.717) is 5.56 Å². The van der Waals surface area contributed by atoms with Crippen molar-refractivity contribution in [3.8, 4) is 0 Å². The molecule has 4 heteroatoms. The minimum absolute atomic E-state index is 0.178. The molecule has 2 aromatic carbocycles. The Morgan fingerprint density at radius 1 is 0.833 bits per heavy atom. The molecule has 120 valence electrons. The Balaban J connectivity index is 1.75. The number of rotatable bonds is 4. The van der Waals surface area contributed by atoms with Gasteiger partial charge in [-0.2, -0.15) is 0 Å². The Morgan fingerprint density at radius 3 is 2.38 bits per heavy atom. The number of nitrogens with zero attached hydrogens (tertiary/aromatic N) is 1. The summed E-state index contributed by atoms with van der Waals surface area (Å²) >= 11 is 0. The maximum atomic E-state index is 12.4. The number of pyridine rings is 1. The largest absolute Gasteiger partial charge is 0.354 e. The number of carbonyl (C=O) groups is 1. The fourth-order valence-corrected chi connectivity index (χ4v) is 2.34. The number of nitrogens with one attached hydrogen (secondary N) is 2. The first-order chi connectivity index (χ1) is 11.6. The molecule has 0 aliphatic rings. The monoisotopic (exact) mass is 317 g/mol. The predicted molar refractivity (Wildman–Crippen MR) is 97.8 cm³/mol. The summed E-state index contributed by atoms with van der Waals surface area (Å²) in [5.74, 6) is -0.178. The van der Waals surface area contributed by atoms with E-state index in [-0.39, 0.29) is 5.91 Å². The van der Waals surface area contributed by atoms with Crippen LogP contribution in [0.1, 0.15) is 21.5 Å². The molecule has 0 unspecified atom stereocenters. The molecule has 0 spiro atoms. The standard InChI is InChI=1S/C20H19N3O/c1-14-8-9-18(10-15(14)2)23-20(24)16-11-19(13-21-12-16)22-17-6-4-3-5-7-17/h3-13,22H,1-2H3,(H,23,24). The summed E-state index contributed by atoms with van der Waals surface area (Å²) in [6.07, 6.45) is 3.26. The maximum Gasteiger partial charge on any atom is 0.257 e. The molecule has 3 rings (SSSR count). The lowest BCUT2D eigenvalue weighted by Crippen LogP contribution is -2.12. The number of anilines is 3. The van der Waals surface area contributed by atoms with E-state index in [1.165, 1.54) is 5.56 Å². The Morgan fingerprint density at radius 2 is 1.62 bits per heavy atom. The van der Waals surface area contributed by atoms with Gasteiger partial charge in [-0.05, 0) is 55.3 Å². The SMILES string of the molecule is Cc1ccc(NC(=O)c2cncc(Nc3ccccc3)c2)cc1C. The molecule has 4 nitrogen and oxygen atoms in total. The molecular weight excluding hydrogens is 298 g/mol. The minimum Gasteiger partial charge on any atom is -0.354 e. The van der Waals surface area contributed by atoms with Crippen molar-refractivity contribution in [3.63, 3.8) is 0 Å². The molecule has 1 aromatic heterocycles. The highest BCUT2D eigenvalue weighted by Gasteiger charge is 2.08. The van der Waals surface area contributed by atoms with Gasteiger partial charge in [0.15, 0.2) is 0 Å². The Labute approximate surface area is 141 Å². The van der Waals surface area contributed by atoms with E-state index in [1.54, 1.807) is 18.5 Å². The van der Waals surface area contributed by atoms with Gasteiger partial charge >= 0.3 is 0 Å². The third kappa shape index (κ3) is 3.79. The van der Waals surface area contributed by atoms with Crippen LogP contribution in [-0.2, 0) is 0 Å². The molecule has 2 N–H and O–H groups in total. The van der Waals surface area contributed by atoms with Gasteiger partial charge in [-0.1, -0.05) is 24.3 Å². The number of hydrogen-bond acceptors (Lipinski definition) is 3. The van der Waals surface area contributed by atoms with Crippen molar-refractivity contribution in [3.05, 3.63) is 83.7 Å². The minimum atomic E-state index is -0.178. The lowest BCUT2D eigenvalue weighted by Gasteiger charge is -2.09. The van der Waals surface area contributed by atoms with Crippen molar-refractivity contribution < 1.29 is 4.79 Å². The van der Waals surface area contributed by atoms with E-state index in [4.69, 9.17) is 0 Å². The van der Waals surface area contributed by atoms with Crippen LogP contribution in [0.4, 0.5) is 17.1 Å². The first kappa shape index (κ1) is 15.7. The van der Waals surface area contributed by atoms with Crippen LogP contribution in [0.3, 0.4) is 0 Å². The first-order valence-corrected chi connectivity index (χ1v) is 7.77. The second kappa shape index (κ2) is 6.96. The van der Waals surface area contributed by atoms with E-state index in [1.807, 2.05) is 62.4 Å². The van der Waals surface area contributed by atoms with Crippen LogP contribution in [0.15, 0.2) is 67.0 Å². The van der Waals surface area contributed by atoms with Gasteiger partial charge in [-0.15, -0.1) is 0 Å². The summed E-state index contributed by atoms with van der Waals surface area (Å²) in [6.45, 7) is 4.07. The molecule has 0 atom stereocenters. The quantitative estimate of drug-likeness (QED) is 0.733. The number of aryl methyl sites for hydroxylation is 2. The summed E-state index contributed by atoms with van der Waals surface area (Å²) in [5.41, 5.74) is 5.35. The molecule has 24 heavy (non-hydrogen) atoms. The first-order valence-electron chi connectivity index (χ1n) is 7.77. The van der Waals surface area contributed by atoms with Crippen molar-refractivity contribution in [2.45, 2.75) is 13.8 Å². The van der Waals surface area contributed by atoms with E-state index >= 15 is 0 Å². The molecule has 0 saturated heterocycles. The molecular formula is C20H19N3O. The number of aromatic nitrogens is 1. The van der Waals surface area contributed by atoms with Crippen LogP contribution in [0.2, 0.25) is 0 Å². The average molecular weight is 317 g/mol. The van der Waals surface area contributed by atoms with Gasteiger partial charge in [0, 0.05) is 17.6 Å². The van der Waals surface area contributed by atoms with Crippen LogP contribution in [0.25, 0.3) is 0 Å². The van der Waals surface area contributed by atoms with Crippen LogP contribution in [0.5, 0.6) is 0 Å². The van der Waals surface area contributed by atoms with Gasteiger partial charge < -0.3 is 10.6 Å². The zero-order chi connectivity index (χ0) is 16.9. The molecule has 0 aliphatic heterocycles. The van der Waals surface area contributed by atoms with Gasteiger partial charge in [0.1, 0.15) is 0 Å². The van der Waals surface area contributed by atoms with E-state index < -0.39 is 0 Å². The normalized spacial score (nSPS) is 10.2. The molecule has 0 saturated carbocycles. The maximum absolute atomic E-state index is 12.4. The molecule has 1 heterocycles. The number of benzene rings is 2. The summed E-state index contributed by atoms with van der Waals surface area (Å²) in [6, 6.07) is 17.4. The molecule has 0 bridgehead atoms. The number of para-hydroxylation sites is 1. The van der Waals surface area contributed by atoms with Crippen molar-refractivity contribution in [1.29, 1.82) is 0 Å². The van der Waals surface area contributed by atoms with E-state index in [9.17, 15) is 4.79 Å². The summed E-state index contributed by atoms with van der Waals surface area (Å²) in [5, 5.41) is 6.15. The lowest BCUT2D eigenvalue weighted by atomic mass is 10.1. The Hall–Kier alpha value is -3.14. The number of hydrogen-bond donors (Lipinski definition) is 2. The van der Waals surface area contributed by atoms with Crippen molar-refractivity contribution >= 4 is 23.0 Å². The average Bonchev–Trinajstić information content (AvgIpc) is 2.59. The third-order valence-corrected chi connectivity index (χ3v) is 3.83. The Kier molecular flexibility index (Phi) is 4.57. The highest BCUT2D eigenvalue weighted by atomic mass is 16.1.